The number of aromatic nitrogens is 1. The fourth-order valence-electron chi connectivity index (χ4n) is 2.27. The Balaban J connectivity index is 1.94. The summed E-state index contributed by atoms with van der Waals surface area (Å²) in [6.45, 7) is 2.83. The summed E-state index contributed by atoms with van der Waals surface area (Å²) in [5.41, 5.74) is 6.92. The normalized spacial score (nSPS) is 22.6. The van der Waals surface area contributed by atoms with Crippen LogP contribution < -0.4 is 5.73 Å². The van der Waals surface area contributed by atoms with Crippen molar-refractivity contribution in [2.24, 2.45) is 16.8 Å². The van der Waals surface area contributed by atoms with Crippen molar-refractivity contribution in [3.63, 3.8) is 0 Å². The van der Waals surface area contributed by atoms with Gasteiger partial charge >= 0.3 is 0 Å². The molecule has 5 heteroatoms. The molecule has 1 aliphatic heterocycles. The number of piperidine rings is 1. The third-order valence-electron chi connectivity index (χ3n) is 3.19. The maximum atomic E-state index is 8.70. The van der Waals surface area contributed by atoms with Crippen LogP contribution in [0.1, 0.15) is 18.4 Å². The highest BCUT2D eigenvalue weighted by molar-refractivity contribution is 5.82. The van der Waals surface area contributed by atoms with Crippen LogP contribution in [0.4, 0.5) is 0 Å². The van der Waals surface area contributed by atoms with Crippen molar-refractivity contribution >= 4 is 5.84 Å². The molecule has 2 heterocycles. The summed E-state index contributed by atoms with van der Waals surface area (Å²) in [6, 6.07) is 4.04. The van der Waals surface area contributed by atoms with Crippen molar-refractivity contribution in [1.82, 2.24) is 9.88 Å². The van der Waals surface area contributed by atoms with E-state index >= 15 is 0 Å². The quantitative estimate of drug-likeness (QED) is 0.355. The summed E-state index contributed by atoms with van der Waals surface area (Å²) in [5.74, 6) is 0.528. The molecule has 3 N–H and O–H groups in total. The van der Waals surface area contributed by atoms with E-state index in [2.05, 4.69) is 15.0 Å². The third kappa shape index (κ3) is 3.17. The van der Waals surface area contributed by atoms with E-state index in [9.17, 15) is 0 Å². The lowest BCUT2D eigenvalue weighted by Crippen LogP contribution is -2.40. The van der Waals surface area contributed by atoms with Crippen molar-refractivity contribution in [3.05, 3.63) is 30.1 Å². The smallest absolute Gasteiger partial charge is 0.143 e. The molecular formula is C12H18N4O. The van der Waals surface area contributed by atoms with Crippen molar-refractivity contribution in [3.8, 4) is 0 Å². The molecule has 1 fully saturated rings. The highest BCUT2D eigenvalue weighted by Crippen LogP contribution is 2.18. The third-order valence-corrected chi connectivity index (χ3v) is 3.19. The van der Waals surface area contributed by atoms with Gasteiger partial charge in [0.1, 0.15) is 5.84 Å². The molecule has 0 spiro atoms. The van der Waals surface area contributed by atoms with Crippen LogP contribution in [0.15, 0.2) is 29.7 Å². The molecule has 2 rings (SSSR count). The molecule has 1 aromatic rings. The van der Waals surface area contributed by atoms with E-state index in [-0.39, 0.29) is 5.92 Å². The molecule has 1 atom stereocenters. The van der Waals surface area contributed by atoms with E-state index in [0.29, 0.717) is 5.84 Å². The summed E-state index contributed by atoms with van der Waals surface area (Å²) >= 11 is 0. The topological polar surface area (TPSA) is 74.7 Å². The summed E-state index contributed by atoms with van der Waals surface area (Å²) in [4.78, 5) is 6.34. The van der Waals surface area contributed by atoms with Crippen LogP contribution in [0.3, 0.4) is 0 Å². The van der Waals surface area contributed by atoms with E-state index in [4.69, 9.17) is 10.9 Å². The van der Waals surface area contributed by atoms with Gasteiger partial charge in [0.15, 0.2) is 0 Å². The molecule has 0 radical (unpaired) electrons. The average Bonchev–Trinajstić information content (AvgIpc) is 2.39. The Morgan fingerprint density at radius 3 is 3.00 bits per heavy atom. The minimum absolute atomic E-state index is 0.176. The first kappa shape index (κ1) is 11.9. The predicted octanol–water partition coefficient (Wildman–Crippen LogP) is 1.04. The van der Waals surface area contributed by atoms with Gasteiger partial charge in [-0.3, -0.25) is 9.88 Å². The Labute approximate surface area is 101 Å². The lowest BCUT2D eigenvalue weighted by Gasteiger charge is -2.31. The van der Waals surface area contributed by atoms with Crippen molar-refractivity contribution < 1.29 is 5.21 Å². The second-order valence-electron chi connectivity index (χ2n) is 4.45. The van der Waals surface area contributed by atoms with Crippen LogP contribution in [0.5, 0.6) is 0 Å². The first-order chi connectivity index (χ1) is 8.29. The van der Waals surface area contributed by atoms with Crippen LogP contribution in [0, 0.1) is 5.92 Å². The average molecular weight is 234 g/mol. The molecule has 0 bridgehead atoms. The predicted molar refractivity (Wildman–Crippen MR) is 65.6 cm³/mol. The highest BCUT2D eigenvalue weighted by atomic mass is 16.4. The molecule has 1 aliphatic rings. The number of likely N-dealkylation sites (tertiary alicyclic amines) is 1. The second-order valence-corrected chi connectivity index (χ2v) is 4.45. The SMILES string of the molecule is NC(=NO)C1CCCN(Cc2ccncc2)C1. The van der Waals surface area contributed by atoms with Gasteiger partial charge < -0.3 is 10.9 Å². The molecule has 5 nitrogen and oxygen atoms in total. The van der Waals surface area contributed by atoms with Crippen molar-refractivity contribution in [1.29, 1.82) is 0 Å². The minimum atomic E-state index is 0.176. The van der Waals surface area contributed by atoms with Crippen LogP contribution in [-0.4, -0.2) is 34.0 Å². The van der Waals surface area contributed by atoms with Gasteiger partial charge in [-0.15, -0.1) is 0 Å². The number of amidine groups is 1. The second kappa shape index (κ2) is 5.63. The molecule has 0 aromatic carbocycles. The standard InChI is InChI=1S/C12H18N4O/c13-12(15-17)11-2-1-7-16(9-11)8-10-3-5-14-6-4-10/h3-6,11,17H,1-2,7-9H2,(H2,13,15). The molecule has 1 saturated heterocycles. The Morgan fingerprint density at radius 2 is 2.29 bits per heavy atom. The number of nitrogens with two attached hydrogens (primary N) is 1. The molecular weight excluding hydrogens is 216 g/mol. The van der Waals surface area contributed by atoms with Gasteiger partial charge in [0, 0.05) is 31.4 Å². The van der Waals surface area contributed by atoms with Crippen LogP contribution in [0.25, 0.3) is 0 Å². The lowest BCUT2D eigenvalue weighted by atomic mass is 9.97. The van der Waals surface area contributed by atoms with Crippen LogP contribution in [-0.2, 0) is 6.54 Å². The Bertz CT molecular complexity index is 379. The summed E-state index contributed by atoms with van der Waals surface area (Å²) in [5, 5.41) is 11.8. The Kier molecular flexibility index (Phi) is 3.93. The maximum absolute atomic E-state index is 8.70. The van der Waals surface area contributed by atoms with Gasteiger partial charge in [-0.05, 0) is 37.1 Å². The van der Waals surface area contributed by atoms with E-state index < -0.39 is 0 Å². The lowest BCUT2D eigenvalue weighted by molar-refractivity contribution is 0.193. The zero-order valence-corrected chi connectivity index (χ0v) is 9.79. The molecule has 17 heavy (non-hydrogen) atoms. The minimum Gasteiger partial charge on any atom is -0.409 e. The fraction of sp³-hybridized carbons (Fsp3) is 0.500. The first-order valence-corrected chi connectivity index (χ1v) is 5.88. The summed E-state index contributed by atoms with van der Waals surface area (Å²) in [7, 11) is 0. The molecule has 0 amide bonds. The van der Waals surface area contributed by atoms with Gasteiger partial charge in [0.2, 0.25) is 0 Å². The van der Waals surface area contributed by atoms with Gasteiger partial charge in [-0.2, -0.15) is 0 Å². The zero-order chi connectivity index (χ0) is 12.1. The first-order valence-electron chi connectivity index (χ1n) is 5.88. The Hall–Kier alpha value is -1.62. The van der Waals surface area contributed by atoms with E-state index in [1.807, 2.05) is 12.1 Å². The van der Waals surface area contributed by atoms with E-state index in [0.717, 1.165) is 32.5 Å². The highest BCUT2D eigenvalue weighted by Gasteiger charge is 2.22. The molecule has 0 aliphatic carbocycles. The number of rotatable bonds is 3. The summed E-state index contributed by atoms with van der Waals surface area (Å²) < 4.78 is 0. The number of pyridine rings is 1. The monoisotopic (exact) mass is 234 g/mol. The molecule has 92 valence electrons. The van der Waals surface area contributed by atoms with Crippen molar-refractivity contribution in [2.45, 2.75) is 19.4 Å². The number of hydrogen-bond acceptors (Lipinski definition) is 4. The van der Waals surface area contributed by atoms with Gasteiger partial charge in [0.25, 0.3) is 0 Å². The fourth-order valence-corrected chi connectivity index (χ4v) is 2.27. The van der Waals surface area contributed by atoms with Crippen LogP contribution in [0.2, 0.25) is 0 Å². The summed E-state index contributed by atoms with van der Waals surface area (Å²) in [6.07, 6.45) is 5.70. The zero-order valence-electron chi connectivity index (χ0n) is 9.79. The van der Waals surface area contributed by atoms with Gasteiger partial charge in [-0.1, -0.05) is 5.16 Å². The van der Waals surface area contributed by atoms with E-state index in [1.54, 1.807) is 12.4 Å². The Morgan fingerprint density at radius 1 is 1.53 bits per heavy atom. The van der Waals surface area contributed by atoms with Gasteiger partial charge in [0.05, 0.1) is 0 Å². The molecule has 0 saturated carbocycles. The maximum Gasteiger partial charge on any atom is 0.143 e. The molecule has 1 aromatic heterocycles. The van der Waals surface area contributed by atoms with E-state index in [1.165, 1.54) is 5.56 Å². The van der Waals surface area contributed by atoms with Crippen LogP contribution >= 0.6 is 0 Å². The number of hydrogen-bond donors (Lipinski definition) is 2. The largest absolute Gasteiger partial charge is 0.409 e. The number of oxime groups is 1. The van der Waals surface area contributed by atoms with Gasteiger partial charge in [-0.25, -0.2) is 0 Å². The van der Waals surface area contributed by atoms with Crippen molar-refractivity contribution in [2.75, 3.05) is 13.1 Å². The molecule has 1 unspecified atom stereocenters. The number of nitrogens with zero attached hydrogens (tertiary/aromatic N) is 3.